The minimum Gasteiger partial charge on any atom is -0.455 e. The highest BCUT2D eigenvalue weighted by Gasteiger charge is 2.10. The van der Waals surface area contributed by atoms with Crippen LogP contribution in [0.1, 0.15) is 5.69 Å². The first-order valence-corrected chi connectivity index (χ1v) is 7.50. The molecule has 0 unspecified atom stereocenters. The maximum absolute atomic E-state index is 6.18. The minimum atomic E-state index is 0.546. The SMILES string of the molecule is Cc1cc(Oc2cc(Br)ccc2Cl)c2cc(N)ccc2n1. The summed E-state index contributed by atoms with van der Waals surface area (Å²) in [6, 6.07) is 12.9. The molecule has 0 radical (unpaired) electrons. The Kier molecular flexibility index (Phi) is 3.74. The molecule has 5 heteroatoms. The number of rotatable bonds is 2. The summed E-state index contributed by atoms with van der Waals surface area (Å²) < 4.78 is 6.88. The molecule has 0 saturated heterocycles. The summed E-state index contributed by atoms with van der Waals surface area (Å²) in [5, 5.41) is 1.40. The highest BCUT2D eigenvalue weighted by Crippen LogP contribution is 2.35. The molecular weight excluding hydrogens is 352 g/mol. The molecule has 21 heavy (non-hydrogen) atoms. The number of fused-ring (bicyclic) bond motifs is 1. The molecular formula is C16H12BrClN2O. The predicted molar refractivity (Wildman–Crippen MR) is 90.1 cm³/mol. The predicted octanol–water partition coefficient (Wildman–Crippen LogP) is 5.33. The second-order valence-corrected chi connectivity index (χ2v) is 6.04. The number of hydrogen-bond donors (Lipinski definition) is 1. The van der Waals surface area contributed by atoms with Crippen LogP contribution in [0.25, 0.3) is 10.9 Å². The molecule has 0 fully saturated rings. The van der Waals surface area contributed by atoms with Crippen LogP contribution in [0.5, 0.6) is 11.5 Å². The Morgan fingerprint density at radius 2 is 1.90 bits per heavy atom. The zero-order valence-electron chi connectivity index (χ0n) is 11.2. The van der Waals surface area contributed by atoms with E-state index in [0.717, 1.165) is 21.1 Å². The molecule has 2 aromatic carbocycles. The Labute approximate surface area is 135 Å². The third-order valence-electron chi connectivity index (χ3n) is 3.04. The van der Waals surface area contributed by atoms with Gasteiger partial charge in [-0.25, -0.2) is 0 Å². The Bertz CT molecular complexity index is 836. The van der Waals surface area contributed by atoms with Crippen LogP contribution in [0.3, 0.4) is 0 Å². The standard InChI is InChI=1S/C16H12BrClN2O/c1-9-6-15(12-8-11(19)3-5-14(12)20-9)21-16-7-10(17)2-4-13(16)18/h2-8H,19H2,1H3. The van der Waals surface area contributed by atoms with Crippen molar-refractivity contribution >= 4 is 44.1 Å². The van der Waals surface area contributed by atoms with Gasteiger partial charge < -0.3 is 10.5 Å². The fourth-order valence-electron chi connectivity index (χ4n) is 2.10. The molecule has 0 bridgehead atoms. The minimum absolute atomic E-state index is 0.546. The second kappa shape index (κ2) is 5.54. The number of hydrogen-bond acceptors (Lipinski definition) is 3. The number of nitrogen functional groups attached to an aromatic ring is 1. The zero-order valence-corrected chi connectivity index (χ0v) is 13.6. The lowest BCUT2D eigenvalue weighted by atomic mass is 10.1. The van der Waals surface area contributed by atoms with Crippen LogP contribution >= 0.6 is 27.5 Å². The molecule has 3 rings (SSSR count). The Hall–Kier alpha value is -1.78. The van der Waals surface area contributed by atoms with Crippen LogP contribution in [0, 0.1) is 6.92 Å². The maximum Gasteiger partial charge on any atom is 0.147 e. The van der Waals surface area contributed by atoms with Gasteiger partial charge in [0.2, 0.25) is 0 Å². The van der Waals surface area contributed by atoms with E-state index in [2.05, 4.69) is 20.9 Å². The quantitative estimate of drug-likeness (QED) is 0.626. The van der Waals surface area contributed by atoms with Gasteiger partial charge in [-0.05, 0) is 43.3 Å². The lowest BCUT2D eigenvalue weighted by Crippen LogP contribution is -1.93. The number of benzene rings is 2. The maximum atomic E-state index is 6.18. The summed E-state index contributed by atoms with van der Waals surface area (Å²) in [7, 11) is 0. The van der Waals surface area contributed by atoms with Gasteiger partial charge >= 0.3 is 0 Å². The number of aromatic nitrogens is 1. The summed E-state index contributed by atoms with van der Waals surface area (Å²) in [6.07, 6.45) is 0. The van der Waals surface area contributed by atoms with E-state index in [1.807, 2.05) is 43.3 Å². The number of nitrogens with two attached hydrogens (primary N) is 1. The molecule has 3 aromatic rings. The first kappa shape index (κ1) is 14.2. The molecule has 0 saturated carbocycles. The van der Waals surface area contributed by atoms with E-state index in [9.17, 15) is 0 Å². The average Bonchev–Trinajstić information content (AvgIpc) is 2.43. The van der Waals surface area contributed by atoms with Crippen LogP contribution in [0.4, 0.5) is 5.69 Å². The smallest absolute Gasteiger partial charge is 0.147 e. The third kappa shape index (κ3) is 2.96. The van der Waals surface area contributed by atoms with Gasteiger partial charge in [-0.2, -0.15) is 0 Å². The van der Waals surface area contributed by atoms with Crippen LogP contribution in [-0.2, 0) is 0 Å². The van der Waals surface area contributed by atoms with Crippen molar-refractivity contribution in [2.75, 3.05) is 5.73 Å². The van der Waals surface area contributed by atoms with E-state index in [0.29, 0.717) is 22.2 Å². The molecule has 0 aliphatic carbocycles. The van der Waals surface area contributed by atoms with Gasteiger partial charge in [-0.15, -0.1) is 0 Å². The highest BCUT2D eigenvalue weighted by molar-refractivity contribution is 9.10. The fraction of sp³-hybridized carbons (Fsp3) is 0.0625. The molecule has 106 valence electrons. The molecule has 3 nitrogen and oxygen atoms in total. The van der Waals surface area contributed by atoms with Crippen LogP contribution in [-0.4, -0.2) is 4.98 Å². The number of ether oxygens (including phenoxy) is 1. The van der Waals surface area contributed by atoms with Gasteiger partial charge in [0.05, 0.1) is 10.5 Å². The molecule has 0 aliphatic rings. The second-order valence-electron chi connectivity index (χ2n) is 4.72. The van der Waals surface area contributed by atoms with Gasteiger partial charge in [0.15, 0.2) is 0 Å². The number of anilines is 1. The summed E-state index contributed by atoms with van der Waals surface area (Å²) >= 11 is 9.60. The normalized spacial score (nSPS) is 10.8. The van der Waals surface area contributed by atoms with Crippen molar-refractivity contribution < 1.29 is 4.74 Å². The highest BCUT2D eigenvalue weighted by atomic mass is 79.9. The topological polar surface area (TPSA) is 48.1 Å². The molecule has 0 aliphatic heterocycles. The van der Waals surface area contributed by atoms with Crippen LogP contribution < -0.4 is 10.5 Å². The van der Waals surface area contributed by atoms with E-state index in [1.165, 1.54) is 0 Å². The zero-order chi connectivity index (χ0) is 15.0. The summed E-state index contributed by atoms with van der Waals surface area (Å²) in [6.45, 7) is 1.92. The van der Waals surface area contributed by atoms with Gasteiger partial charge in [0.25, 0.3) is 0 Å². The van der Waals surface area contributed by atoms with E-state index in [1.54, 1.807) is 6.07 Å². The van der Waals surface area contributed by atoms with E-state index >= 15 is 0 Å². The van der Waals surface area contributed by atoms with Gasteiger partial charge in [-0.1, -0.05) is 27.5 Å². The lowest BCUT2D eigenvalue weighted by Gasteiger charge is -2.12. The van der Waals surface area contributed by atoms with Crippen molar-refractivity contribution in [3.8, 4) is 11.5 Å². The van der Waals surface area contributed by atoms with E-state index < -0.39 is 0 Å². The number of pyridine rings is 1. The van der Waals surface area contributed by atoms with Crippen molar-refractivity contribution in [3.05, 3.63) is 57.7 Å². The first-order valence-electron chi connectivity index (χ1n) is 6.33. The van der Waals surface area contributed by atoms with Crippen molar-refractivity contribution in [3.63, 3.8) is 0 Å². The Morgan fingerprint density at radius 3 is 2.71 bits per heavy atom. The molecule has 0 atom stereocenters. The molecule has 1 aromatic heterocycles. The van der Waals surface area contributed by atoms with Crippen LogP contribution in [0.2, 0.25) is 5.02 Å². The van der Waals surface area contributed by atoms with Gasteiger partial charge in [0, 0.05) is 27.3 Å². The summed E-state index contributed by atoms with van der Waals surface area (Å²) in [5.41, 5.74) is 8.23. The van der Waals surface area contributed by atoms with Gasteiger partial charge in [-0.3, -0.25) is 4.98 Å². The molecule has 1 heterocycles. The summed E-state index contributed by atoms with van der Waals surface area (Å²) in [4.78, 5) is 4.48. The fourth-order valence-corrected chi connectivity index (χ4v) is 2.59. The van der Waals surface area contributed by atoms with Crippen molar-refractivity contribution in [1.82, 2.24) is 4.98 Å². The number of nitrogens with zero attached hydrogens (tertiary/aromatic N) is 1. The summed E-state index contributed by atoms with van der Waals surface area (Å²) in [5.74, 6) is 1.27. The Morgan fingerprint density at radius 1 is 1.10 bits per heavy atom. The first-order chi connectivity index (χ1) is 10.0. The Balaban J connectivity index is 2.15. The molecule has 2 N–H and O–H groups in total. The van der Waals surface area contributed by atoms with Gasteiger partial charge in [0.1, 0.15) is 11.5 Å². The monoisotopic (exact) mass is 362 g/mol. The molecule has 0 spiro atoms. The average molecular weight is 364 g/mol. The van der Waals surface area contributed by atoms with Crippen molar-refractivity contribution in [2.24, 2.45) is 0 Å². The van der Waals surface area contributed by atoms with Crippen molar-refractivity contribution in [2.45, 2.75) is 6.92 Å². The number of halogens is 2. The largest absolute Gasteiger partial charge is 0.455 e. The van der Waals surface area contributed by atoms with E-state index in [-0.39, 0.29) is 0 Å². The van der Waals surface area contributed by atoms with Crippen LogP contribution in [0.15, 0.2) is 46.9 Å². The molecule has 0 amide bonds. The number of aryl methyl sites for hydroxylation is 1. The van der Waals surface area contributed by atoms with E-state index in [4.69, 9.17) is 22.1 Å². The van der Waals surface area contributed by atoms with Crippen molar-refractivity contribution in [1.29, 1.82) is 0 Å². The lowest BCUT2D eigenvalue weighted by molar-refractivity contribution is 0.487. The third-order valence-corrected chi connectivity index (χ3v) is 3.84.